The maximum atomic E-state index is 9.63. The lowest BCUT2D eigenvalue weighted by Gasteiger charge is -2.27. The number of rotatable bonds is 18. The Kier molecular flexibility index (Phi) is 45.1. The first-order valence-electron chi connectivity index (χ1n) is 24.6. The van der Waals surface area contributed by atoms with E-state index in [1.54, 1.807) is 13.8 Å². The van der Waals surface area contributed by atoms with Crippen molar-refractivity contribution in [3.05, 3.63) is 35.5 Å². The second-order valence-corrected chi connectivity index (χ2v) is 23.8. The van der Waals surface area contributed by atoms with Crippen molar-refractivity contribution < 1.29 is 20.1 Å². The molecule has 1 aliphatic heterocycles. The molecule has 0 aromatic heterocycles. The molecule has 1 fully saturated rings. The van der Waals surface area contributed by atoms with Crippen molar-refractivity contribution in [2.75, 3.05) is 0 Å². The molecule has 2 atom stereocenters. The Bertz CT molecular complexity index is 1020. The maximum Gasteiger partial charge on any atom is 0.0864 e. The van der Waals surface area contributed by atoms with Gasteiger partial charge in [0.15, 0.2) is 0 Å². The summed E-state index contributed by atoms with van der Waals surface area (Å²) in [6.45, 7) is 57.2. The first-order valence-corrected chi connectivity index (χ1v) is 24.6. The van der Waals surface area contributed by atoms with E-state index in [0.29, 0.717) is 11.8 Å². The highest BCUT2D eigenvalue weighted by molar-refractivity contribution is 4.97. The normalized spacial score (nSPS) is 15.1. The largest absolute Gasteiger partial charge is 0.393 e. The van der Waals surface area contributed by atoms with E-state index in [9.17, 15) is 15.3 Å². The van der Waals surface area contributed by atoms with Crippen molar-refractivity contribution in [1.82, 2.24) is 0 Å². The van der Waals surface area contributed by atoms with Crippen LogP contribution in [0.2, 0.25) is 0 Å². The van der Waals surface area contributed by atoms with Gasteiger partial charge < -0.3 is 20.1 Å². The van der Waals surface area contributed by atoms with Gasteiger partial charge in [-0.3, -0.25) is 0 Å². The molecule has 372 valence electrons. The average molecular weight is 870 g/mol. The molecule has 0 amide bonds. The minimum atomic E-state index is -0.687. The van der Waals surface area contributed by atoms with Crippen LogP contribution in [0, 0.1) is 40.9 Å². The van der Waals surface area contributed by atoms with Crippen molar-refractivity contribution in [2.24, 2.45) is 40.9 Å². The first-order chi connectivity index (χ1) is 26.9. The fourth-order valence-electron chi connectivity index (χ4n) is 5.52. The second-order valence-electron chi connectivity index (χ2n) is 23.8. The van der Waals surface area contributed by atoms with E-state index < -0.39 is 11.2 Å². The van der Waals surface area contributed by atoms with Gasteiger partial charge in [0.2, 0.25) is 0 Å². The van der Waals surface area contributed by atoms with E-state index in [4.69, 9.17) is 4.74 Å². The van der Waals surface area contributed by atoms with E-state index in [0.717, 1.165) is 62.2 Å². The Labute approximate surface area is 388 Å². The van der Waals surface area contributed by atoms with Crippen LogP contribution in [-0.4, -0.2) is 44.3 Å². The smallest absolute Gasteiger partial charge is 0.0864 e. The van der Waals surface area contributed by atoms with Gasteiger partial charge in [0.1, 0.15) is 0 Å². The second kappa shape index (κ2) is 38.3. The molecule has 0 aliphatic carbocycles. The van der Waals surface area contributed by atoms with Gasteiger partial charge >= 0.3 is 0 Å². The number of allylic oxidation sites excluding steroid dienone is 5. The van der Waals surface area contributed by atoms with Gasteiger partial charge in [-0.2, -0.15) is 0 Å². The fourth-order valence-corrected chi connectivity index (χ4v) is 5.52. The monoisotopic (exact) mass is 869 g/mol. The molecule has 0 bridgehead atoms. The number of aliphatic hydroxyl groups excluding tert-OH is 1. The molecule has 0 spiro atoms. The highest BCUT2D eigenvalue weighted by atomic mass is 16.5. The lowest BCUT2D eigenvalue weighted by atomic mass is 9.85. The Hall–Kier alpha value is -0.940. The molecular formula is C57H120O4. The van der Waals surface area contributed by atoms with Crippen LogP contribution in [0.1, 0.15) is 264 Å². The van der Waals surface area contributed by atoms with Gasteiger partial charge in [-0.1, -0.05) is 166 Å². The third-order valence-corrected chi connectivity index (χ3v) is 10.3. The molecule has 0 aromatic carbocycles. The van der Waals surface area contributed by atoms with Gasteiger partial charge in [-0.25, -0.2) is 0 Å². The minimum absolute atomic E-state index is 0. The number of hydrogen-bond donors (Lipinski definition) is 3. The van der Waals surface area contributed by atoms with Crippen LogP contribution in [-0.2, 0) is 4.74 Å². The van der Waals surface area contributed by atoms with E-state index in [-0.39, 0.29) is 30.7 Å². The van der Waals surface area contributed by atoms with Crippen molar-refractivity contribution >= 4 is 0 Å². The predicted molar refractivity (Wildman–Crippen MR) is 281 cm³/mol. The predicted octanol–water partition coefficient (Wildman–Crippen LogP) is 18.2. The van der Waals surface area contributed by atoms with Crippen LogP contribution in [0.5, 0.6) is 0 Å². The van der Waals surface area contributed by atoms with E-state index in [1.165, 1.54) is 61.7 Å². The molecule has 3 N–H and O–H groups in total. The maximum absolute atomic E-state index is 9.63. The topological polar surface area (TPSA) is 69.9 Å². The van der Waals surface area contributed by atoms with Gasteiger partial charge in [0.05, 0.1) is 29.0 Å². The zero-order valence-corrected chi connectivity index (χ0v) is 45.9. The summed E-state index contributed by atoms with van der Waals surface area (Å²) in [5.41, 5.74) is 2.98. The van der Waals surface area contributed by atoms with Crippen molar-refractivity contribution in [1.29, 1.82) is 0 Å². The van der Waals surface area contributed by atoms with Crippen molar-refractivity contribution in [2.45, 2.75) is 293 Å². The quantitative estimate of drug-likeness (QED) is 0.120. The van der Waals surface area contributed by atoms with Crippen LogP contribution < -0.4 is 0 Å². The molecule has 1 unspecified atom stereocenters. The molecule has 0 aromatic rings. The van der Waals surface area contributed by atoms with Crippen LogP contribution in [0.3, 0.4) is 0 Å². The zero-order valence-electron chi connectivity index (χ0n) is 45.9. The summed E-state index contributed by atoms with van der Waals surface area (Å²) in [7, 11) is 0. The molecule has 0 radical (unpaired) electrons. The molecule has 1 heterocycles. The Morgan fingerprint density at radius 1 is 0.639 bits per heavy atom. The fraction of sp³-hybridized carbons (Fsp3) is 0.895. The molecule has 0 saturated carbocycles. The molecular weight excluding hydrogens is 749 g/mol. The van der Waals surface area contributed by atoms with Gasteiger partial charge in [0.25, 0.3) is 0 Å². The Balaban J connectivity index is -0.000000149. The first kappa shape index (κ1) is 71.7. The van der Waals surface area contributed by atoms with Crippen molar-refractivity contribution in [3.63, 3.8) is 0 Å². The SMILES string of the molecule is C.C=C(CCC(C)C)C(C)C.CC(C)=CCCC(C)(C)O.CC(C)=CCCC(C)C.CC(C)CCC(O)C(C)(C)C.CC(C)CCCC(C)C.CC1(C)CC[C@@H](C(C)(C)O)O1. The van der Waals surface area contributed by atoms with Crippen LogP contribution in [0.4, 0.5) is 0 Å². The van der Waals surface area contributed by atoms with E-state index in [1.807, 2.05) is 13.8 Å². The van der Waals surface area contributed by atoms with E-state index >= 15 is 0 Å². The van der Waals surface area contributed by atoms with Gasteiger partial charge in [-0.05, 0) is 174 Å². The number of aliphatic hydroxyl groups is 3. The molecule has 1 saturated heterocycles. The summed E-state index contributed by atoms with van der Waals surface area (Å²) in [6, 6.07) is 0. The summed E-state index contributed by atoms with van der Waals surface area (Å²) in [6.07, 6.45) is 19.5. The standard InChI is InChI=1S/C10H22O.C10H20.C9H18O2.C9H18O.C9H20.C9H18.CH4/c1-8(2)6-7-9(11)10(3,4)5;1-8(2)6-7-10(5)9(3)4;1-8(2)6-5-7(11-8)9(3,4)10;1-8(2)6-5-7-9(3,4)10;2*1-8(2)6-5-7-9(3)4;/h8-9,11H,6-7H2,1-5H3;8-9H,5-7H2,1-4H3;7,10H,5-6H2,1-4H3;6,10H,5,7H2,1-4H3;8-9H,5-7H2,1-4H3;6,9H,5,7H2,1-4H3;1H4/t;;7-;;;;/m..0..../s1. The number of ether oxygens (including phenoxy) is 1. The third-order valence-electron chi connectivity index (χ3n) is 10.3. The van der Waals surface area contributed by atoms with Gasteiger partial charge in [0, 0.05) is 0 Å². The lowest BCUT2D eigenvalue weighted by molar-refractivity contribution is -0.109. The zero-order chi connectivity index (χ0) is 48.7. The Morgan fingerprint density at radius 3 is 1.30 bits per heavy atom. The lowest BCUT2D eigenvalue weighted by Crippen LogP contribution is -2.37. The highest BCUT2D eigenvalue weighted by Gasteiger charge is 2.39. The van der Waals surface area contributed by atoms with Crippen molar-refractivity contribution in [3.8, 4) is 0 Å². The molecule has 61 heavy (non-hydrogen) atoms. The molecule has 1 rings (SSSR count). The Morgan fingerprint density at radius 2 is 1.03 bits per heavy atom. The molecule has 1 aliphatic rings. The summed E-state index contributed by atoms with van der Waals surface area (Å²) in [5.74, 6) is 4.81. The summed E-state index contributed by atoms with van der Waals surface area (Å²) in [5, 5.41) is 28.6. The third kappa shape index (κ3) is 63.4. The van der Waals surface area contributed by atoms with Crippen LogP contribution >= 0.6 is 0 Å². The summed E-state index contributed by atoms with van der Waals surface area (Å²) in [4.78, 5) is 0. The summed E-state index contributed by atoms with van der Waals surface area (Å²) >= 11 is 0. The van der Waals surface area contributed by atoms with Gasteiger partial charge in [-0.15, -0.1) is 0 Å². The number of hydrogen-bond acceptors (Lipinski definition) is 4. The summed E-state index contributed by atoms with van der Waals surface area (Å²) < 4.78 is 5.66. The average Bonchev–Trinajstić information content (AvgIpc) is 3.42. The minimum Gasteiger partial charge on any atom is -0.393 e. The van der Waals surface area contributed by atoms with Crippen LogP contribution in [0.15, 0.2) is 35.5 Å². The molecule has 4 nitrogen and oxygen atoms in total. The molecule has 4 heteroatoms. The highest BCUT2D eigenvalue weighted by Crippen LogP contribution is 2.34. The van der Waals surface area contributed by atoms with E-state index in [2.05, 4.69) is 164 Å². The van der Waals surface area contributed by atoms with Crippen LogP contribution in [0.25, 0.3) is 0 Å².